The summed E-state index contributed by atoms with van der Waals surface area (Å²) in [4.78, 5) is 2.07. The molecule has 0 aliphatic carbocycles. The maximum Gasteiger partial charge on any atom is 0.219 e. The smallest absolute Gasteiger partial charge is 0.219 e. The molecule has 5 aromatic carbocycles. The summed E-state index contributed by atoms with van der Waals surface area (Å²) >= 11 is 0. The first-order valence-electron chi connectivity index (χ1n) is 12.3. The lowest BCUT2D eigenvalue weighted by Crippen LogP contribution is -2.17. The van der Waals surface area contributed by atoms with Gasteiger partial charge in [0.2, 0.25) is 17.3 Å². The first-order chi connectivity index (χ1) is 18.1. The van der Waals surface area contributed by atoms with Crippen molar-refractivity contribution in [2.75, 3.05) is 19.0 Å². The van der Waals surface area contributed by atoms with E-state index in [2.05, 4.69) is 77.2 Å². The van der Waals surface area contributed by atoms with Crippen molar-refractivity contribution in [2.24, 2.45) is 0 Å². The number of fused-ring (bicyclic) bond motifs is 6. The number of hydrogen-bond acceptors (Lipinski definition) is 2. The van der Waals surface area contributed by atoms with Crippen molar-refractivity contribution in [2.45, 2.75) is 0 Å². The molecular weight excluding hydrogens is 459 g/mol. The molecule has 0 amide bonds. The van der Waals surface area contributed by atoms with Gasteiger partial charge in [0.05, 0.1) is 22.9 Å². The Labute approximate surface area is 214 Å². The second kappa shape index (κ2) is 8.17. The van der Waals surface area contributed by atoms with Crippen LogP contribution in [0.1, 0.15) is 11.1 Å². The Morgan fingerprint density at radius 1 is 0.757 bits per heavy atom. The zero-order valence-electron chi connectivity index (χ0n) is 20.6. The van der Waals surface area contributed by atoms with Crippen LogP contribution in [-0.4, -0.2) is 24.4 Å². The van der Waals surface area contributed by atoms with Crippen LogP contribution in [0.15, 0.2) is 109 Å². The second-order valence-corrected chi connectivity index (χ2v) is 9.48. The Hall–Kier alpha value is -4.70. The third-order valence-corrected chi connectivity index (χ3v) is 7.40. The molecule has 3 nitrogen and oxygen atoms in total. The van der Waals surface area contributed by atoms with Gasteiger partial charge in [-0.3, -0.25) is 0 Å². The zero-order valence-corrected chi connectivity index (χ0v) is 20.6. The van der Waals surface area contributed by atoms with E-state index in [-0.39, 0.29) is 5.82 Å². The van der Waals surface area contributed by atoms with Gasteiger partial charge < -0.3 is 9.64 Å². The lowest BCUT2D eigenvalue weighted by molar-refractivity contribution is -0.399. The standard InChI is InChI=1S/C33H24FN2O/c1-35-28-17-15-21-9-3-6-12-24(21)32(28)26(19-23-11-5-8-14-27(23)34)30(35)20-31-36(2)29-18-16-22-10-4-7-13-25(22)33(29)37-31/h3-20H,1-2H3/q+1/b26-19+. The van der Waals surface area contributed by atoms with Gasteiger partial charge in [-0.2, -0.15) is 4.58 Å². The highest BCUT2D eigenvalue weighted by molar-refractivity contribution is 6.36. The minimum Gasteiger partial charge on any atom is -0.438 e. The normalized spacial score (nSPS) is 16.7. The third-order valence-electron chi connectivity index (χ3n) is 7.40. The molecule has 0 saturated carbocycles. The predicted octanol–water partition coefficient (Wildman–Crippen LogP) is 7.77. The molecule has 5 aromatic rings. The van der Waals surface area contributed by atoms with E-state index in [0.717, 1.165) is 61.4 Å². The van der Waals surface area contributed by atoms with Crippen molar-refractivity contribution in [3.63, 3.8) is 0 Å². The van der Waals surface area contributed by atoms with Gasteiger partial charge >= 0.3 is 0 Å². The van der Waals surface area contributed by atoms with E-state index in [1.54, 1.807) is 6.07 Å². The Bertz CT molecular complexity index is 1850. The van der Waals surface area contributed by atoms with E-state index in [4.69, 9.17) is 4.74 Å². The SMILES string of the molecule is CN1/C(=C/C2=[N+](C)c3ccc4ccccc4c3/C2=C/c2ccccc2F)Oc2c1ccc1ccccc21. The highest BCUT2D eigenvalue weighted by Gasteiger charge is 2.35. The Kier molecular flexibility index (Phi) is 4.76. The lowest BCUT2D eigenvalue weighted by Gasteiger charge is -2.11. The maximum absolute atomic E-state index is 14.8. The minimum absolute atomic E-state index is 0.244. The molecule has 0 saturated heterocycles. The summed E-state index contributed by atoms with van der Waals surface area (Å²) in [6.45, 7) is 0. The molecule has 7 rings (SSSR count). The maximum atomic E-state index is 14.8. The third kappa shape index (κ3) is 3.30. The molecule has 0 unspecified atom stereocenters. The number of ether oxygens (including phenoxy) is 1. The summed E-state index contributed by atoms with van der Waals surface area (Å²) in [5.74, 6) is 1.34. The second-order valence-electron chi connectivity index (χ2n) is 9.48. The first kappa shape index (κ1) is 21.6. The van der Waals surface area contributed by atoms with Crippen LogP contribution in [0.2, 0.25) is 0 Å². The van der Waals surface area contributed by atoms with Crippen molar-refractivity contribution in [3.8, 4) is 5.75 Å². The molecule has 2 aliphatic heterocycles. The van der Waals surface area contributed by atoms with Crippen molar-refractivity contribution in [1.82, 2.24) is 0 Å². The summed E-state index contributed by atoms with van der Waals surface area (Å²) in [7, 11) is 4.07. The van der Waals surface area contributed by atoms with Gasteiger partial charge in [-0.05, 0) is 40.4 Å². The molecule has 4 heteroatoms. The summed E-state index contributed by atoms with van der Waals surface area (Å²) in [6.07, 6.45) is 4.02. The average Bonchev–Trinajstić information content (AvgIpc) is 3.39. The molecule has 0 fully saturated rings. The van der Waals surface area contributed by atoms with Crippen LogP contribution >= 0.6 is 0 Å². The van der Waals surface area contributed by atoms with Crippen molar-refractivity contribution in [3.05, 3.63) is 126 Å². The zero-order chi connectivity index (χ0) is 25.1. The highest BCUT2D eigenvalue weighted by atomic mass is 19.1. The van der Waals surface area contributed by atoms with E-state index in [1.807, 2.05) is 43.5 Å². The lowest BCUT2D eigenvalue weighted by atomic mass is 9.94. The summed E-state index contributed by atoms with van der Waals surface area (Å²) in [5.41, 5.74) is 5.67. The van der Waals surface area contributed by atoms with Crippen LogP contribution in [0.25, 0.3) is 33.2 Å². The molecule has 2 heterocycles. The summed E-state index contributed by atoms with van der Waals surface area (Å²) < 4.78 is 23.5. The van der Waals surface area contributed by atoms with Crippen LogP contribution in [-0.2, 0) is 0 Å². The number of hydrogen-bond donors (Lipinski definition) is 0. The molecule has 0 bridgehead atoms. The van der Waals surface area contributed by atoms with Crippen molar-refractivity contribution >= 4 is 50.3 Å². The van der Waals surface area contributed by atoms with Gasteiger partial charge in [-0.1, -0.05) is 72.8 Å². The Morgan fingerprint density at radius 3 is 2.24 bits per heavy atom. The van der Waals surface area contributed by atoms with E-state index in [0.29, 0.717) is 5.56 Å². The molecule has 0 radical (unpaired) electrons. The monoisotopic (exact) mass is 483 g/mol. The minimum atomic E-state index is -0.244. The Morgan fingerprint density at radius 2 is 1.43 bits per heavy atom. The molecular formula is C33H24FN2O+. The number of nitrogens with zero attached hydrogens (tertiary/aromatic N) is 2. The number of allylic oxidation sites excluding steroid dienone is 2. The quantitative estimate of drug-likeness (QED) is 0.238. The van der Waals surface area contributed by atoms with Gasteiger partial charge in [0, 0.05) is 24.1 Å². The van der Waals surface area contributed by atoms with Gasteiger partial charge in [0.1, 0.15) is 12.9 Å². The molecule has 178 valence electrons. The van der Waals surface area contributed by atoms with Crippen LogP contribution < -0.4 is 9.64 Å². The van der Waals surface area contributed by atoms with Gasteiger partial charge in [0.15, 0.2) is 5.75 Å². The van der Waals surface area contributed by atoms with E-state index >= 15 is 0 Å². The van der Waals surface area contributed by atoms with Crippen LogP contribution in [0.4, 0.5) is 15.8 Å². The fraction of sp³-hybridized carbons (Fsp3) is 0.0606. The average molecular weight is 484 g/mol. The predicted molar refractivity (Wildman–Crippen MR) is 150 cm³/mol. The fourth-order valence-corrected chi connectivity index (χ4v) is 5.47. The number of rotatable bonds is 2. The number of halogens is 1. The van der Waals surface area contributed by atoms with E-state index in [1.165, 1.54) is 6.07 Å². The van der Waals surface area contributed by atoms with Crippen LogP contribution in [0, 0.1) is 5.82 Å². The van der Waals surface area contributed by atoms with Gasteiger partial charge in [0.25, 0.3) is 0 Å². The largest absolute Gasteiger partial charge is 0.438 e. The summed E-state index contributed by atoms with van der Waals surface area (Å²) in [6, 6.07) is 32.0. The molecule has 0 spiro atoms. The van der Waals surface area contributed by atoms with E-state index in [9.17, 15) is 4.39 Å². The first-order valence-corrected chi connectivity index (χ1v) is 12.3. The Balaban J connectivity index is 1.43. The number of anilines is 1. The molecule has 0 N–H and O–H groups in total. The topological polar surface area (TPSA) is 15.5 Å². The van der Waals surface area contributed by atoms with Gasteiger partial charge in [-0.15, -0.1) is 0 Å². The molecule has 37 heavy (non-hydrogen) atoms. The van der Waals surface area contributed by atoms with Gasteiger partial charge in [-0.25, -0.2) is 4.39 Å². The van der Waals surface area contributed by atoms with E-state index < -0.39 is 0 Å². The molecule has 0 atom stereocenters. The van der Waals surface area contributed by atoms with Crippen molar-refractivity contribution < 1.29 is 13.7 Å². The highest BCUT2D eigenvalue weighted by Crippen LogP contribution is 2.45. The fourth-order valence-electron chi connectivity index (χ4n) is 5.47. The number of benzene rings is 5. The molecule has 2 aliphatic rings. The van der Waals surface area contributed by atoms with Crippen LogP contribution in [0.5, 0.6) is 5.75 Å². The molecule has 0 aromatic heterocycles. The summed E-state index contributed by atoms with van der Waals surface area (Å²) in [5, 5.41) is 4.51. The van der Waals surface area contributed by atoms with Crippen LogP contribution in [0.3, 0.4) is 0 Å². The van der Waals surface area contributed by atoms with Crippen molar-refractivity contribution in [1.29, 1.82) is 0 Å².